The Kier molecular flexibility index (Phi) is 2.94. The Hall–Kier alpha value is -2.35. The van der Waals surface area contributed by atoms with E-state index in [1.807, 2.05) is 13.8 Å². The van der Waals surface area contributed by atoms with Crippen molar-refractivity contribution in [1.29, 1.82) is 5.26 Å². The van der Waals surface area contributed by atoms with Crippen LogP contribution in [-0.2, 0) is 4.79 Å². The molecule has 1 aliphatic heterocycles. The molecule has 0 radical (unpaired) electrons. The molecule has 0 fully saturated rings. The van der Waals surface area contributed by atoms with Crippen LogP contribution in [0.2, 0.25) is 0 Å². The van der Waals surface area contributed by atoms with E-state index < -0.39 is 0 Å². The SMILES string of the molecule is CC1=C(C#N)C(c2cnc(C)[nH]2)C2=C(CCCC2=O)N1. The van der Waals surface area contributed by atoms with Crippen molar-refractivity contribution in [2.45, 2.75) is 39.0 Å². The van der Waals surface area contributed by atoms with Crippen LogP contribution in [0.15, 0.2) is 28.7 Å². The summed E-state index contributed by atoms with van der Waals surface area (Å²) >= 11 is 0. The Morgan fingerprint density at radius 2 is 2.20 bits per heavy atom. The number of carbonyl (C=O) groups is 1. The number of nitriles is 1. The van der Waals surface area contributed by atoms with Crippen molar-refractivity contribution < 1.29 is 4.79 Å². The van der Waals surface area contributed by atoms with E-state index in [-0.39, 0.29) is 11.7 Å². The first kappa shape index (κ1) is 12.7. The maximum Gasteiger partial charge on any atom is 0.161 e. The molecular weight excluding hydrogens is 252 g/mol. The van der Waals surface area contributed by atoms with Crippen molar-refractivity contribution in [3.05, 3.63) is 40.3 Å². The van der Waals surface area contributed by atoms with Gasteiger partial charge in [0.15, 0.2) is 5.78 Å². The van der Waals surface area contributed by atoms with Gasteiger partial charge in [-0.25, -0.2) is 4.98 Å². The second kappa shape index (κ2) is 4.64. The Balaban J connectivity index is 2.18. The van der Waals surface area contributed by atoms with E-state index >= 15 is 0 Å². The number of hydrogen-bond acceptors (Lipinski definition) is 4. The van der Waals surface area contributed by atoms with Crippen molar-refractivity contribution in [1.82, 2.24) is 15.3 Å². The highest BCUT2D eigenvalue weighted by molar-refractivity contribution is 5.99. The van der Waals surface area contributed by atoms with Crippen molar-refractivity contribution in [3.8, 4) is 6.07 Å². The normalized spacial score (nSPS) is 22.4. The average Bonchev–Trinajstić information content (AvgIpc) is 2.84. The molecule has 1 unspecified atom stereocenters. The molecule has 1 atom stereocenters. The highest BCUT2D eigenvalue weighted by Crippen LogP contribution is 2.40. The van der Waals surface area contributed by atoms with Gasteiger partial charge in [0, 0.05) is 35.3 Å². The average molecular weight is 268 g/mol. The van der Waals surface area contributed by atoms with Gasteiger partial charge in [-0.1, -0.05) is 0 Å². The van der Waals surface area contributed by atoms with Crippen LogP contribution in [-0.4, -0.2) is 15.8 Å². The molecule has 0 saturated heterocycles. The fourth-order valence-corrected chi connectivity index (χ4v) is 3.03. The lowest BCUT2D eigenvalue weighted by Crippen LogP contribution is -2.31. The summed E-state index contributed by atoms with van der Waals surface area (Å²) in [4.78, 5) is 19.7. The lowest BCUT2D eigenvalue weighted by atomic mass is 9.78. The molecule has 5 heteroatoms. The second-order valence-corrected chi connectivity index (χ2v) is 5.30. The minimum Gasteiger partial charge on any atom is -0.361 e. The van der Waals surface area contributed by atoms with Gasteiger partial charge in [0.05, 0.1) is 17.6 Å². The quantitative estimate of drug-likeness (QED) is 0.818. The summed E-state index contributed by atoms with van der Waals surface area (Å²) in [5.41, 5.74) is 3.96. The Morgan fingerprint density at radius 3 is 2.85 bits per heavy atom. The fourth-order valence-electron chi connectivity index (χ4n) is 3.03. The third-order valence-corrected chi connectivity index (χ3v) is 3.93. The molecule has 2 aliphatic rings. The van der Waals surface area contributed by atoms with Crippen molar-refractivity contribution in [2.75, 3.05) is 0 Å². The molecule has 1 aromatic heterocycles. The number of nitrogens with zero attached hydrogens (tertiary/aromatic N) is 2. The lowest BCUT2D eigenvalue weighted by Gasteiger charge is -2.31. The van der Waals surface area contributed by atoms with Crippen LogP contribution in [0, 0.1) is 18.3 Å². The van der Waals surface area contributed by atoms with Crippen LogP contribution in [0.25, 0.3) is 0 Å². The minimum absolute atomic E-state index is 0.135. The van der Waals surface area contributed by atoms with E-state index in [1.165, 1.54) is 0 Å². The van der Waals surface area contributed by atoms with E-state index in [0.29, 0.717) is 12.0 Å². The molecule has 102 valence electrons. The van der Waals surface area contributed by atoms with Gasteiger partial charge in [-0.05, 0) is 26.7 Å². The number of Topliss-reactive ketones (excluding diaryl/α,β-unsaturated/α-hetero) is 1. The molecule has 3 rings (SSSR count). The minimum atomic E-state index is -0.301. The number of ketones is 1. The summed E-state index contributed by atoms with van der Waals surface area (Å²) in [6.45, 7) is 3.75. The predicted molar refractivity (Wildman–Crippen MR) is 73.4 cm³/mol. The van der Waals surface area contributed by atoms with E-state index in [4.69, 9.17) is 0 Å². The zero-order valence-corrected chi connectivity index (χ0v) is 11.6. The summed E-state index contributed by atoms with van der Waals surface area (Å²) in [5.74, 6) is 0.625. The van der Waals surface area contributed by atoms with Crippen molar-refractivity contribution in [2.24, 2.45) is 0 Å². The standard InChI is InChI=1S/C15H16N4O/c1-8-10(6-16)14(12-7-17-9(2)19-12)15-11(18-8)4-3-5-13(15)20/h7,14,18H,3-5H2,1-2H3,(H,17,19). The molecule has 0 bridgehead atoms. The predicted octanol–water partition coefficient (Wildman–Crippen LogP) is 2.21. The first-order chi connectivity index (χ1) is 9.61. The Labute approximate surface area is 117 Å². The maximum absolute atomic E-state index is 12.3. The molecule has 2 N–H and O–H groups in total. The monoisotopic (exact) mass is 268 g/mol. The topological polar surface area (TPSA) is 81.6 Å². The summed E-state index contributed by atoms with van der Waals surface area (Å²) in [7, 11) is 0. The number of rotatable bonds is 1. The summed E-state index contributed by atoms with van der Waals surface area (Å²) in [6.07, 6.45) is 4.01. The van der Waals surface area contributed by atoms with Gasteiger partial charge in [-0.3, -0.25) is 4.79 Å². The van der Waals surface area contributed by atoms with Gasteiger partial charge >= 0.3 is 0 Å². The molecule has 0 saturated carbocycles. The molecule has 0 aromatic carbocycles. The number of imidazole rings is 1. The molecular formula is C15H16N4O. The second-order valence-electron chi connectivity index (χ2n) is 5.30. The number of H-pyrrole nitrogens is 1. The van der Waals surface area contributed by atoms with E-state index in [0.717, 1.165) is 41.3 Å². The van der Waals surface area contributed by atoms with Gasteiger partial charge in [0.25, 0.3) is 0 Å². The largest absolute Gasteiger partial charge is 0.361 e. The zero-order chi connectivity index (χ0) is 14.3. The first-order valence-electron chi connectivity index (χ1n) is 6.77. The maximum atomic E-state index is 12.3. The molecule has 20 heavy (non-hydrogen) atoms. The molecule has 0 amide bonds. The summed E-state index contributed by atoms with van der Waals surface area (Å²) < 4.78 is 0. The van der Waals surface area contributed by atoms with E-state index in [9.17, 15) is 10.1 Å². The van der Waals surface area contributed by atoms with Gasteiger partial charge in [-0.15, -0.1) is 0 Å². The van der Waals surface area contributed by atoms with Crippen LogP contribution in [0.3, 0.4) is 0 Å². The van der Waals surface area contributed by atoms with Crippen LogP contribution < -0.4 is 5.32 Å². The Morgan fingerprint density at radius 1 is 1.40 bits per heavy atom. The smallest absolute Gasteiger partial charge is 0.161 e. The van der Waals surface area contributed by atoms with Crippen molar-refractivity contribution in [3.63, 3.8) is 0 Å². The van der Waals surface area contributed by atoms with Gasteiger partial charge in [-0.2, -0.15) is 5.26 Å². The number of aromatic nitrogens is 2. The highest BCUT2D eigenvalue weighted by Gasteiger charge is 2.36. The number of allylic oxidation sites excluding steroid dienone is 4. The van der Waals surface area contributed by atoms with E-state index in [2.05, 4.69) is 21.4 Å². The van der Waals surface area contributed by atoms with Crippen molar-refractivity contribution >= 4 is 5.78 Å². The van der Waals surface area contributed by atoms with Crippen LogP contribution in [0.5, 0.6) is 0 Å². The number of hydrogen-bond donors (Lipinski definition) is 2. The van der Waals surface area contributed by atoms with Gasteiger partial charge < -0.3 is 10.3 Å². The van der Waals surface area contributed by atoms with Crippen LogP contribution in [0.1, 0.15) is 43.6 Å². The number of dihydropyridines is 1. The summed E-state index contributed by atoms with van der Waals surface area (Å²) in [6, 6.07) is 2.25. The van der Waals surface area contributed by atoms with Crippen LogP contribution in [0.4, 0.5) is 0 Å². The first-order valence-corrected chi connectivity index (χ1v) is 6.77. The third kappa shape index (κ3) is 1.85. The molecule has 2 heterocycles. The third-order valence-electron chi connectivity index (χ3n) is 3.93. The number of aryl methyl sites for hydroxylation is 1. The molecule has 1 aliphatic carbocycles. The number of nitrogens with one attached hydrogen (secondary N) is 2. The molecule has 0 spiro atoms. The molecule has 5 nitrogen and oxygen atoms in total. The van der Waals surface area contributed by atoms with Gasteiger partial charge in [0.2, 0.25) is 0 Å². The zero-order valence-electron chi connectivity index (χ0n) is 11.6. The van der Waals surface area contributed by atoms with Gasteiger partial charge in [0.1, 0.15) is 5.82 Å². The fraction of sp³-hybridized carbons (Fsp3) is 0.400. The van der Waals surface area contributed by atoms with E-state index in [1.54, 1.807) is 6.20 Å². The van der Waals surface area contributed by atoms with Crippen LogP contribution >= 0.6 is 0 Å². The molecule has 1 aromatic rings. The number of aromatic amines is 1. The summed E-state index contributed by atoms with van der Waals surface area (Å²) in [5, 5.41) is 12.7. The Bertz CT molecular complexity index is 687. The highest BCUT2D eigenvalue weighted by atomic mass is 16.1. The lowest BCUT2D eigenvalue weighted by molar-refractivity contribution is -0.116. The number of carbonyl (C=O) groups excluding carboxylic acids is 1.